The number of nitro groups is 1. The molecule has 7 nitrogen and oxygen atoms in total. The topological polar surface area (TPSA) is 96.6 Å². The summed E-state index contributed by atoms with van der Waals surface area (Å²) in [5.41, 5.74) is 5.90. The maximum Gasteiger partial charge on any atom is 0.294 e. The van der Waals surface area contributed by atoms with Crippen molar-refractivity contribution in [1.29, 1.82) is 0 Å². The number of nitro benzene ring substituents is 1. The molecule has 0 radical (unpaired) electrons. The number of hydrazone groups is 1. The van der Waals surface area contributed by atoms with Gasteiger partial charge in [-0.2, -0.15) is 5.10 Å². The highest BCUT2D eigenvalue weighted by molar-refractivity contribution is 6.05. The number of hydrogen-bond acceptors (Lipinski definition) is 5. The van der Waals surface area contributed by atoms with Crippen molar-refractivity contribution >= 4 is 28.7 Å². The first-order chi connectivity index (χ1) is 13.4. The fourth-order valence-electron chi connectivity index (χ4n) is 3.23. The van der Waals surface area contributed by atoms with Crippen molar-refractivity contribution in [2.24, 2.45) is 11.0 Å². The Kier molecular flexibility index (Phi) is 6.03. The Labute approximate surface area is 164 Å². The van der Waals surface area contributed by atoms with Gasteiger partial charge in [-0.05, 0) is 56.4 Å². The summed E-state index contributed by atoms with van der Waals surface area (Å²) in [6, 6.07) is 11.7. The van der Waals surface area contributed by atoms with E-state index in [0.29, 0.717) is 11.6 Å². The predicted molar refractivity (Wildman–Crippen MR) is 111 cm³/mol. The summed E-state index contributed by atoms with van der Waals surface area (Å²) in [4.78, 5) is 23.4. The molecule has 28 heavy (non-hydrogen) atoms. The molecule has 0 unspecified atom stereocenters. The van der Waals surface area contributed by atoms with E-state index in [9.17, 15) is 14.9 Å². The molecule has 3 rings (SSSR count). The number of amides is 1. The van der Waals surface area contributed by atoms with Crippen molar-refractivity contribution in [3.05, 3.63) is 63.7 Å². The fourth-order valence-corrected chi connectivity index (χ4v) is 3.23. The molecule has 146 valence electrons. The summed E-state index contributed by atoms with van der Waals surface area (Å²) in [5.74, 6) is -0.0226. The van der Waals surface area contributed by atoms with Crippen LogP contribution in [0.3, 0.4) is 0 Å². The van der Waals surface area contributed by atoms with Crippen LogP contribution in [0.25, 0.3) is 0 Å². The highest BCUT2D eigenvalue weighted by atomic mass is 16.6. The summed E-state index contributed by atoms with van der Waals surface area (Å²) in [6.45, 7) is 4.07. The fraction of sp³-hybridized carbons (Fsp3) is 0.333. The number of nitrogens with zero attached hydrogens (tertiary/aromatic N) is 2. The Morgan fingerprint density at radius 2 is 1.93 bits per heavy atom. The Morgan fingerprint density at radius 3 is 2.61 bits per heavy atom. The molecule has 0 aromatic heterocycles. The van der Waals surface area contributed by atoms with Crippen LogP contribution in [0.2, 0.25) is 0 Å². The zero-order valence-corrected chi connectivity index (χ0v) is 16.1. The summed E-state index contributed by atoms with van der Waals surface area (Å²) < 4.78 is 0. The van der Waals surface area contributed by atoms with Crippen LogP contribution in [0.1, 0.15) is 48.5 Å². The standard InChI is InChI=1S/C21H24N4O3/c1-14-7-10-17(11-8-14)22-21(26)16-9-12-19(20(13-16)25(27)28)24-23-18-6-4-3-5-15(18)2/h7-13,15,24H,3-6H2,1-2H3,(H,22,26)/b23-18+/t15-/m1/s1. The number of nitrogens with one attached hydrogen (secondary N) is 2. The van der Waals surface area contributed by atoms with E-state index in [1.54, 1.807) is 18.2 Å². The van der Waals surface area contributed by atoms with Gasteiger partial charge in [0.1, 0.15) is 5.69 Å². The van der Waals surface area contributed by atoms with Gasteiger partial charge in [-0.25, -0.2) is 0 Å². The molecule has 0 aliphatic heterocycles. The number of hydrogen-bond donors (Lipinski definition) is 2. The van der Waals surface area contributed by atoms with Gasteiger partial charge in [-0.3, -0.25) is 20.3 Å². The lowest BCUT2D eigenvalue weighted by Crippen LogP contribution is -2.17. The molecule has 2 N–H and O–H groups in total. The highest BCUT2D eigenvalue weighted by Gasteiger charge is 2.19. The first kappa shape index (κ1) is 19.5. The summed E-state index contributed by atoms with van der Waals surface area (Å²) in [6.07, 6.45) is 4.26. The quantitative estimate of drug-likeness (QED) is 0.555. The normalized spacial score (nSPS) is 17.9. The van der Waals surface area contributed by atoms with Gasteiger partial charge in [-0.15, -0.1) is 0 Å². The van der Waals surface area contributed by atoms with E-state index in [0.717, 1.165) is 30.5 Å². The number of anilines is 2. The number of carbonyl (C=O) groups is 1. The minimum absolute atomic E-state index is 0.177. The van der Waals surface area contributed by atoms with E-state index in [1.165, 1.54) is 18.6 Å². The zero-order chi connectivity index (χ0) is 20.1. The Balaban J connectivity index is 1.78. The minimum atomic E-state index is -0.504. The van der Waals surface area contributed by atoms with Crippen LogP contribution in [-0.2, 0) is 0 Å². The minimum Gasteiger partial charge on any atom is -0.322 e. The molecule has 1 aliphatic carbocycles. The maximum atomic E-state index is 12.5. The molecule has 0 spiro atoms. The van der Waals surface area contributed by atoms with Crippen molar-refractivity contribution in [3.8, 4) is 0 Å². The van der Waals surface area contributed by atoms with E-state index in [4.69, 9.17) is 0 Å². The van der Waals surface area contributed by atoms with Crippen LogP contribution < -0.4 is 10.7 Å². The molecule has 2 aromatic carbocycles. The number of benzene rings is 2. The third kappa shape index (κ3) is 4.73. The van der Waals surface area contributed by atoms with Crippen LogP contribution in [-0.4, -0.2) is 16.5 Å². The van der Waals surface area contributed by atoms with Gasteiger partial charge in [0.05, 0.1) is 4.92 Å². The number of aryl methyl sites for hydroxylation is 1. The van der Waals surface area contributed by atoms with E-state index in [1.807, 2.05) is 19.1 Å². The third-order valence-corrected chi connectivity index (χ3v) is 4.97. The van der Waals surface area contributed by atoms with E-state index < -0.39 is 10.8 Å². The molecule has 1 aliphatic rings. The van der Waals surface area contributed by atoms with E-state index in [-0.39, 0.29) is 16.9 Å². The lowest BCUT2D eigenvalue weighted by atomic mass is 9.89. The Morgan fingerprint density at radius 1 is 1.18 bits per heavy atom. The molecule has 1 saturated carbocycles. The van der Waals surface area contributed by atoms with Crippen molar-refractivity contribution < 1.29 is 9.72 Å². The van der Waals surface area contributed by atoms with E-state index >= 15 is 0 Å². The van der Waals surface area contributed by atoms with Crippen molar-refractivity contribution in [2.75, 3.05) is 10.7 Å². The van der Waals surface area contributed by atoms with Gasteiger partial charge in [0, 0.05) is 23.0 Å². The predicted octanol–water partition coefficient (Wildman–Crippen LogP) is 5.13. The SMILES string of the molecule is Cc1ccc(NC(=O)c2ccc(N/N=C3\CCCC[C@H]3C)c([N+](=O)[O-])c2)cc1. The van der Waals surface area contributed by atoms with Crippen molar-refractivity contribution in [2.45, 2.75) is 39.5 Å². The van der Waals surface area contributed by atoms with Gasteiger partial charge >= 0.3 is 0 Å². The number of carbonyl (C=O) groups excluding carboxylic acids is 1. The first-order valence-electron chi connectivity index (χ1n) is 9.43. The number of rotatable bonds is 5. The van der Waals surface area contributed by atoms with Gasteiger partial charge < -0.3 is 5.32 Å². The van der Waals surface area contributed by atoms with Crippen LogP contribution in [0.15, 0.2) is 47.6 Å². The molecule has 7 heteroatoms. The molecule has 1 fully saturated rings. The van der Waals surface area contributed by atoms with Crippen LogP contribution in [0, 0.1) is 23.0 Å². The monoisotopic (exact) mass is 380 g/mol. The van der Waals surface area contributed by atoms with Gasteiger partial charge in [0.25, 0.3) is 11.6 Å². The molecule has 1 amide bonds. The second kappa shape index (κ2) is 8.65. The molecule has 0 bridgehead atoms. The Bertz CT molecular complexity index is 906. The lowest BCUT2D eigenvalue weighted by molar-refractivity contribution is -0.384. The maximum absolute atomic E-state index is 12.5. The summed E-state index contributed by atoms with van der Waals surface area (Å²) in [5, 5.41) is 18.6. The smallest absolute Gasteiger partial charge is 0.294 e. The molecular weight excluding hydrogens is 356 g/mol. The van der Waals surface area contributed by atoms with E-state index in [2.05, 4.69) is 22.8 Å². The zero-order valence-electron chi connectivity index (χ0n) is 16.1. The summed E-state index contributed by atoms with van der Waals surface area (Å²) >= 11 is 0. The highest BCUT2D eigenvalue weighted by Crippen LogP contribution is 2.27. The van der Waals surface area contributed by atoms with Crippen LogP contribution in [0.4, 0.5) is 17.1 Å². The average Bonchev–Trinajstić information content (AvgIpc) is 2.69. The largest absolute Gasteiger partial charge is 0.322 e. The van der Waals surface area contributed by atoms with Gasteiger partial charge in [-0.1, -0.05) is 31.0 Å². The molecule has 0 heterocycles. The molecule has 0 saturated heterocycles. The molecule has 2 aromatic rings. The molecular formula is C21H24N4O3. The van der Waals surface area contributed by atoms with Crippen molar-refractivity contribution in [1.82, 2.24) is 0 Å². The molecule has 1 atom stereocenters. The second-order valence-corrected chi connectivity index (χ2v) is 7.17. The van der Waals surface area contributed by atoms with Gasteiger partial charge in [0.15, 0.2) is 0 Å². The van der Waals surface area contributed by atoms with Crippen molar-refractivity contribution in [3.63, 3.8) is 0 Å². The summed E-state index contributed by atoms with van der Waals surface area (Å²) in [7, 11) is 0. The second-order valence-electron chi connectivity index (χ2n) is 7.17. The third-order valence-electron chi connectivity index (χ3n) is 4.97. The van der Waals surface area contributed by atoms with Crippen LogP contribution in [0.5, 0.6) is 0 Å². The first-order valence-corrected chi connectivity index (χ1v) is 9.43. The lowest BCUT2D eigenvalue weighted by Gasteiger charge is -2.20. The Hall–Kier alpha value is -3.22. The van der Waals surface area contributed by atoms with Crippen LogP contribution >= 0.6 is 0 Å². The average molecular weight is 380 g/mol. The van der Waals surface area contributed by atoms with Gasteiger partial charge in [0.2, 0.25) is 0 Å².